The Bertz CT molecular complexity index is 89.3. The molecule has 2 heteroatoms. The molecule has 0 amide bonds. The second-order valence-electron chi connectivity index (χ2n) is 4.30. The third-order valence-corrected chi connectivity index (χ3v) is 4.70. The molecule has 0 aliphatic rings. The van der Waals surface area contributed by atoms with Crippen molar-refractivity contribution >= 4 is 8.07 Å². The number of hydrogen-bond acceptors (Lipinski definition) is 1. The summed E-state index contributed by atoms with van der Waals surface area (Å²) in [5.74, 6) is 0.846. The maximum absolute atomic E-state index is 5.65. The van der Waals surface area contributed by atoms with E-state index in [1.54, 1.807) is 0 Å². The molecule has 0 saturated carbocycles. The number of hydrogen-bond donors (Lipinski definition) is 1. The molecule has 1 nitrogen and oxygen atoms in total. The van der Waals surface area contributed by atoms with E-state index in [-0.39, 0.29) is 0 Å². The average Bonchev–Trinajstić information content (AvgIpc) is 1.85. The zero-order chi connectivity index (χ0) is 8.20. The molecule has 2 N–H and O–H groups in total. The van der Waals surface area contributed by atoms with Crippen LogP contribution in [0.5, 0.6) is 0 Å². The van der Waals surface area contributed by atoms with E-state index in [1.807, 2.05) is 0 Å². The Morgan fingerprint density at radius 3 is 2.10 bits per heavy atom. The minimum Gasteiger partial charge on any atom is -0.333 e. The van der Waals surface area contributed by atoms with E-state index in [4.69, 9.17) is 5.73 Å². The maximum atomic E-state index is 5.65. The van der Waals surface area contributed by atoms with Gasteiger partial charge in [0, 0.05) is 0 Å². The first-order chi connectivity index (χ1) is 4.48. The van der Waals surface area contributed by atoms with Crippen LogP contribution in [-0.2, 0) is 0 Å². The summed E-state index contributed by atoms with van der Waals surface area (Å²) in [7, 11) is -0.962. The smallest absolute Gasteiger partial charge is 0.0623 e. The van der Waals surface area contributed by atoms with Crippen LogP contribution < -0.4 is 5.73 Å². The van der Waals surface area contributed by atoms with E-state index in [1.165, 1.54) is 12.5 Å². The van der Waals surface area contributed by atoms with E-state index in [9.17, 15) is 0 Å². The first kappa shape index (κ1) is 10.2. The van der Waals surface area contributed by atoms with Crippen molar-refractivity contribution in [2.75, 3.05) is 6.17 Å². The molecule has 0 rings (SSSR count). The SMILES string of the molecule is CC(C)CC[Si](C)(C)CN. The molecule has 0 aromatic heterocycles. The summed E-state index contributed by atoms with van der Waals surface area (Å²) in [6.45, 7) is 9.30. The molecule has 10 heavy (non-hydrogen) atoms. The van der Waals surface area contributed by atoms with E-state index in [0.29, 0.717) is 0 Å². The van der Waals surface area contributed by atoms with Gasteiger partial charge in [0.05, 0.1) is 8.07 Å². The lowest BCUT2D eigenvalue weighted by molar-refractivity contribution is 0.619. The maximum Gasteiger partial charge on any atom is 0.0623 e. The molecule has 0 fully saturated rings. The first-order valence-corrected chi connectivity index (χ1v) is 7.59. The van der Waals surface area contributed by atoms with Gasteiger partial charge in [-0.2, -0.15) is 0 Å². The van der Waals surface area contributed by atoms with Gasteiger partial charge in [0.25, 0.3) is 0 Å². The molecular formula is C8H21NSi. The van der Waals surface area contributed by atoms with Crippen molar-refractivity contribution in [3.05, 3.63) is 0 Å². The molecule has 0 unspecified atom stereocenters. The molecule has 0 atom stereocenters. The van der Waals surface area contributed by atoms with Crippen LogP contribution in [-0.4, -0.2) is 14.2 Å². The normalized spacial score (nSPS) is 12.6. The van der Waals surface area contributed by atoms with Gasteiger partial charge < -0.3 is 5.73 Å². The van der Waals surface area contributed by atoms with E-state index >= 15 is 0 Å². The predicted molar refractivity (Wildman–Crippen MR) is 50.8 cm³/mol. The van der Waals surface area contributed by atoms with Gasteiger partial charge in [0.2, 0.25) is 0 Å². The van der Waals surface area contributed by atoms with Crippen molar-refractivity contribution in [2.45, 2.75) is 39.4 Å². The van der Waals surface area contributed by atoms with Gasteiger partial charge in [-0.15, -0.1) is 0 Å². The van der Waals surface area contributed by atoms with Gasteiger partial charge in [-0.3, -0.25) is 0 Å². The summed E-state index contributed by atoms with van der Waals surface area (Å²) in [5, 5.41) is 0. The van der Waals surface area contributed by atoms with E-state index in [0.717, 1.165) is 12.1 Å². The summed E-state index contributed by atoms with van der Waals surface area (Å²) in [5.41, 5.74) is 5.65. The topological polar surface area (TPSA) is 26.0 Å². The number of rotatable bonds is 4. The van der Waals surface area contributed by atoms with Gasteiger partial charge in [0.1, 0.15) is 0 Å². The van der Waals surface area contributed by atoms with Crippen LogP contribution in [0.2, 0.25) is 19.1 Å². The molecular weight excluding hydrogens is 138 g/mol. The summed E-state index contributed by atoms with van der Waals surface area (Å²) in [4.78, 5) is 0. The lowest BCUT2D eigenvalue weighted by atomic mass is 10.2. The predicted octanol–water partition coefficient (Wildman–Crippen LogP) is 2.24. The Kier molecular flexibility index (Phi) is 4.21. The highest BCUT2D eigenvalue weighted by atomic mass is 28.3. The third-order valence-electron chi connectivity index (χ3n) is 1.95. The molecule has 0 aromatic rings. The van der Waals surface area contributed by atoms with Crippen molar-refractivity contribution in [3.8, 4) is 0 Å². The second-order valence-corrected chi connectivity index (χ2v) is 9.54. The van der Waals surface area contributed by atoms with Crippen LogP contribution in [0.1, 0.15) is 20.3 Å². The van der Waals surface area contributed by atoms with Crippen LogP contribution in [0, 0.1) is 5.92 Å². The van der Waals surface area contributed by atoms with Crippen LogP contribution >= 0.6 is 0 Å². The lowest BCUT2D eigenvalue weighted by Crippen LogP contribution is -2.36. The Morgan fingerprint density at radius 1 is 1.30 bits per heavy atom. The van der Waals surface area contributed by atoms with Crippen molar-refractivity contribution in [1.82, 2.24) is 0 Å². The van der Waals surface area contributed by atoms with Gasteiger partial charge in [-0.1, -0.05) is 39.4 Å². The summed E-state index contributed by atoms with van der Waals surface area (Å²) >= 11 is 0. The highest BCUT2D eigenvalue weighted by Crippen LogP contribution is 2.14. The van der Waals surface area contributed by atoms with Crippen molar-refractivity contribution in [3.63, 3.8) is 0 Å². The Balaban J connectivity index is 3.46. The molecule has 0 heterocycles. The first-order valence-electron chi connectivity index (χ1n) is 4.18. The van der Waals surface area contributed by atoms with Gasteiger partial charge in [-0.05, 0) is 12.1 Å². The van der Waals surface area contributed by atoms with Gasteiger partial charge in [-0.25, -0.2) is 0 Å². The molecule has 0 aliphatic carbocycles. The molecule has 0 radical (unpaired) electrons. The number of nitrogens with two attached hydrogens (primary N) is 1. The van der Waals surface area contributed by atoms with Crippen LogP contribution in [0.3, 0.4) is 0 Å². The molecule has 62 valence electrons. The van der Waals surface area contributed by atoms with Crippen molar-refractivity contribution < 1.29 is 0 Å². The highest BCUT2D eigenvalue weighted by Gasteiger charge is 2.17. The summed E-state index contributed by atoms with van der Waals surface area (Å²) < 4.78 is 0. The van der Waals surface area contributed by atoms with Crippen LogP contribution in [0.4, 0.5) is 0 Å². The highest BCUT2D eigenvalue weighted by molar-refractivity contribution is 6.77. The minimum atomic E-state index is -0.962. The molecule has 0 saturated heterocycles. The van der Waals surface area contributed by atoms with Gasteiger partial charge >= 0.3 is 0 Å². The zero-order valence-corrected chi connectivity index (χ0v) is 8.78. The largest absolute Gasteiger partial charge is 0.333 e. The fourth-order valence-electron chi connectivity index (χ4n) is 0.781. The zero-order valence-electron chi connectivity index (χ0n) is 7.78. The summed E-state index contributed by atoms with van der Waals surface area (Å²) in [6.07, 6.45) is 2.30. The second kappa shape index (κ2) is 4.14. The van der Waals surface area contributed by atoms with E-state index in [2.05, 4.69) is 26.9 Å². The Labute approximate surface area is 66.0 Å². The molecule has 0 spiro atoms. The van der Waals surface area contributed by atoms with Crippen molar-refractivity contribution in [2.24, 2.45) is 11.7 Å². The fraction of sp³-hybridized carbons (Fsp3) is 1.00. The monoisotopic (exact) mass is 159 g/mol. The lowest BCUT2D eigenvalue weighted by Gasteiger charge is -2.20. The standard InChI is InChI=1S/C8H21NSi/c1-8(2)5-6-10(3,4)7-9/h8H,5-7,9H2,1-4H3. The third kappa shape index (κ3) is 5.00. The van der Waals surface area contributed by atoms with Gasteiger partial charge in [0.15, 0.2) is 0 Å². The van der Waals surface area contributed by atoms with Crippen LogP contribution in [0.15, 0.2) is 0 Å². The molecule has 0 aliphatic heterocycles. The molecule has 0 aromatic carbocycles. The minimum absolute atomic E-state index is 0.846. The molecule has 0 bridgehead atoms. The van der Waals surface area contributed by atoms with Crippen LogP contribution in [0.25, 0.3) is 0 Å². The Hall–Kier alpha value is 0.177. The van der Waals surface area contributed by atoms with E-state index < -0.39 is 8.07 Å². The Morgan fingerprint density at radius 2 is 1.80 bits per heavy atom. The summed E-state index contributed by atoms with van der Waals surface area (Å²) in [6, 6.07) is 1.39. The quantitative estimate of drug-likeness (QED) is 0.626. The van der Waals surface area contributed by atoms with Crippen molar-refractivity contribution in [1.29, 1.82) is 0 Å². The average molecular weight is 159 g/mol. The fourth-order valence-corrected chi connectivity index (χ4v) is 2.34.